The zero-order valence-electron chi connectivity index (χ0n) is 17.3. The van der Waals surface area contributed by atoms with Crippen LogP contribution in [0.5, 0.6) is 0 Å². The Morgan fingerprint density at radius 3 is 2.30 bits per heavy atom. The quantitative estimate of drug-likeness (QED) is 0.535. The maximum atomic E-state index is 13.5. The largest absolute Gasteiger partial charge is 0.284 e. The molecule has 0 saturated carbocycles. The number of nitrogens with zero attached hydrogens (tertiary/aromatic N) is 2. The smallest absolute Gasteiger partial charge is 0.279 e. The van der Waals surface area contributed by atoms with E-state index in [9.17, 15) is 21.2 Å². The molecular weight excluding hydrogens is 489 g/mol. The molecule has 3 aromatic rings. The summed E-state index contributed by atoms with van der Waals surface area (Å²) in [6.07, 6.45) is 1.25. The summed E-state index contributed by atoms with van der Waals surface area (Å²) >= 11 is 5.90. The molecule has 0 saturated heterocycles. The fourth-order valence-electron chi connectivity index (χ4n) is 3.51. The van der Waals surface area contributed by atoms with Crippen LogP contribution in [0.15, 0.2) is 82.8 Å². The Morgan fingerprint density at radius 1 is 1.00 bits per heavy atom. The van der Waals surface area contributed by atoms with Crippen molar-refractivity contribution < 1.29 is 21.2 Å². The molecule has 0 spiro atoms. The number of hydrogen-bond acceptors (Lipinski definition) is 5. The van der Waals surface area contributed by atoms with Gasteiger partial charge in [-0.3, -0.25) is 4.72 Å². The third-order valence-corrected chi connectivity index (χ3v) is 7.54. The fourth-order valence-corrected chi connectivity index (χ4v) is 5.62. The van der Waals surface area contributed by atoms with E-state index in [1.807, 2.05) is 0 Å². The third-order valence-electron chi connectivity index (χ3n) is 4.98. The van der Waals surface area contributed by atoms with E-state index in [1.165, 1.54) is 48.5 Å². The average molecular weight is 508 g/mol. The van der Waals surface area contributed by atoms with E-state index < -0.39 is 31.9 Å². The number of halogens is 2. The van der Waals surface area contributed by atoms with E-state index in [4.69, 9.17) is 11.6 Å². The number of benzene rings is 3. The van der Waals surface area contributed by atoms with Gasteiger partial charge in [-0.25, -0.2) is 12.8 Å². The van der Waals surface area contributed by atoms with Crippen LogP contribution in [0, 0.1) is 5.82 Å². The van der Waals surface area contributed by atoms with Gasteiger partial charge in [0.1, 0.15) is 5.82 Å². The Kier molecular flexibility index (Phi) is 6.17. The van der Waals surface area contributed by atoms with Gasteiger partial charge in [0.05, 0.1) is 22.9 Å². The number of hydrogen-bond donors (Lipinski definition) is 1. The van der Waals surface area contributed by atoms with Crippen molar-refractivity contribution in [2.75, 3.05) is 11.0 Å². The van der Waals surface area contributed by atoms with Crippen LogP contribution >= 0.6 is 11.6 Å². The minimum Gasteiger partial charge on any atom is -0.284 e. The Morgan fingerprint density at radius 2 is 1.67 bits per heavy atom. The van der Waals surface area contributed by atoms with Crippen molar-refractivity contribution in [2.45, 2.75) is 17.4 Å². The lowest BCUT2D eigenvalue weighted by Gasteiger charge is -2.23. The molecule has 0 aromatic heterocycles. The first-order valence-corrected chi connectivity index (χ1v) is 13.4. The molecule has 0 aliphatic carbocycles. The molecule has 1 unspecified atom stereocenters. The van der Waals surface area contributed by atoms with Crippen molar-refractivity contribution >= 4 is 43.0 Å². The molecule has 0 fully saturated rings. The van der Waals surface area contributed by atoms with Crippen LogP contribution in [-0.2, 0) is 20.0 Å². The van der Waals surface area contributed by atoms with Gasteiger partial charge in [-0.05, 0) is 59.7 Å². The van der Waals surface area contributed by atoms with Gasteiger partial charge in [-0.15, -0.1) is 0 Å². The van der Waals surface area contributed by atoms with E-state index in [-0.39, 0.29) is 11.3 Å². The highest BCUT2D eigenvalue weighted by molar-refractivity contribution is 7.92. The van der Waals surface area contributed by atoms with Gasteiger partial charge in [0, 0.05) is 17.1 Å². The third kappa shape index (κ3) is 5.18. The van der Waals surface area contributed by atoms with Gasteiger partial charge in [-0.2, -0.15) is 17.9 Å². The lowest BCUT2D eigenvalue weighted by atomic mass is 9.99. The molecule has 4 rings (SSSR count). The lowest BCUT2D eigenvalue weighted by molar-refractivity contribution is 0.371. The van der Waals surface area contributed by atoms with Crippen LogP contribution < -0.4 is 4.72 Å². The zero-order chi connectivity index (χ0) is 23.8. The maximum absolute atomic E-state index is 13.5. The monoisotopic (exact) mass is 507 g/mol. The van der Waals surface area contributed by atoms with E-state index in [0.717, 1.165) is 10.7 Å². The molecule has 7 nitrogen and oxygen atoms in total. The van der Waals surface area contributed by atoms with Crippen molar-refractivity contribution in [3.63, 3.8) is 0 Å². The van der Waals surface area contributed by atoms with E-state index in [0.29, 0.717) is 27.5 Å². The molecule has 0 bridgehead atoms. The van der Waals surface area contributed by atoms with Crippen molar-refractivity contribution in [3.05, 3.63) is 94.8 Å². The summed E-state index contributed by atoms with van der Waals surface area (Å²) in [6, 6.07) is 17.1. The van der Waals surface area contributed by atoms with E-state index >= 15 is 0 Å². The second-order valence-corrected chi connectivity index (χ2v) is 11.5. The Bertz CT molecular complexity index is 1430. The number of rotatable bonds is 6. The summed E-state index contributed by atoms with van der Waals surface area (Å²) in [7, 11) is -7.55. The minimum absolute atomic E-state index is 0.0107. The SMILES string of the molecule is CS(=O)(=O)Nc1cccc(C2=NN(S(=O)(=O)c3ccc(Cl)cc3)C(c3ccc(F)cc3)C2)c1. The van der Waals surface area contributed by atoms with Crippen molar-refractivity contribution in [3.8, 4) is 0 Å². The molecule has 0 radical (unpaired) electrons. The molecule has 172 valence electrons. The summed E-state index contributed by atoms with van der Waals surface area (Å²) in [5.41, 5.74) is 1.90. The summed E-state index contributed by atoms with van der Waals surface area (Å²) < 4.78 is 67.0. The first-order valence-electron chi connectivity index (χ1n) is 9.74. The average Bonchev–Trinajstić information content (AvgIpc) is 3.20. The normalized spacial score (nSPS) is 16.5. The van der Waals surface area contributed by atoms with Gasteiger partial charge in [0.25, 0.3) is 10.0 Å². The van der Waals surface area contributed by atoms with Crippen molar-refractivity contribution in [2.24, 2.45) is 5.10 Å². The minimum atomic E-state index is -4.06. The van der Waals surface area contributed by atoms with Crippen LogP contribution in [0.4, 0.5) is 10.1 Å². The molecule has 1 heterocycles. The topological polar surface area (TPSA) is 95.9 Å². The second-order valence-electron chi connectivity index (χ2n) is 7.50. The number of anilines is 1. The van der Waals surface area contributed by atoms with E-state index in [2.05, 4.69) is 9.82 Å². The highest BCUT2D eigenvalue weighted by atomic mass is 35.5. The van der Waals surface area contributed by atoms with Gasteiger partial charge >= 0.3 is 0 Å². The summed E-state index contributed by atoms with van der Waals surface area (Å²) in [6.45, 7) is 0. The van der Waals surface area contributed by atoms with Gasteiger partial charge in [0.15, 0.2) is 0 Å². The predicted octanol–water partition coefficient (Wildman–Crippen LogP) is 4.39. The number of sulfonamides is 2. The summed E-state index contributed by atoms with van der Waals surface area (Å²) in [4.78, 5) is 0.0107. The highest BCUT2D eigenvalue weighted by Crippen LogP contribution is 2.37. The van der Waals surface area contributed by atoms with Crippen LogP contribution in [-0.4, -0.2) is 33.2 Å². The van der Waals surface area contributed by atoms with Crippen LogP contribution in [0.1, 0.15) is 23.6 Å². The number of nitrogens with one attached hydrogen (secondary N) is 1. The maximum Gasteiger partial charge on any atom is 0.279 e. The zero-order valence-corrected chi connectivity index (χ0v) is 19.7. The fraction of sp³-hybridized carbons (Fsp3) is 0.136. The molecule has 1 aliphatic rings. The molecule has 0 amide bonds. The molecule has 3 aromatic carbocycles. The summed E-state index contributed by atoms with van der Waals surface area (Å²) in [5, 5.41) is 4.80. The van der Waals surface area contributed by atoms with Gasteiger partial charge < -0.3 is 0 Å². The van der Waals surface area contributed by atoms with Crippen molar-refractivity contribution in [1.82, 2.24) is 4.41 Å². The van der Waals surface area contributed by atoms with Crippen molar-refractivity contribution in [1.29, 1.82) is 0 Å². The van der Waals surface area contributed by atoms with Gasteiger partial charge in [-0.1, -0.05) is 35.9 Å². The first-order chi connectivity index (χ1) is 15.5. The second kappa shape index (κ2) is 8.77. The standard InChI is InChI=1S/C22H19ClFN3O4S2/c1-32(28,29)26-19-4-2-3-16(13-19)21-14-22(15-5-9-18(24)10-6-15)27(25-21)33(30,31)20-11-7-17(23)8-12-20/h2-13,22,26H,14H2,1H3. The predicted molar refractivity (Wildman–Crippen MR) is 126 cm³/mol. The molecular formula is C22H19ClFN3O4S2. The first kappa shape index (κ1) is 23.2. The molecule has 33 heavy (non-hydrogen) atoms. The van der Waals surface area contributed by atoms with Gasteiger partial charge in [0.2, 0.25) is 10.0 Å². The molecule has 1 atom stereocenters. The Balaban J connectivity index is 1.78. The highest BCUT2D eigenvalue weighted by Gasteiger charge is 2.37. The van der Waals surface area contributed by atoms with Crippen LogP contribution in [0.2, 0.25) is 5.02 Å². The Hall–Kier alpha value is -2.95. The van der Waals surface area contributed by atoms with Crippen LogP contribution in [0.3, 0.4) is 0 Å². The lowest BCUT2D eigenvalue weighted by Crippen LogP contribution is -2.27. The van der Waals surface area contributed by atoms with E-state index in [1.54, 1.807) is 24.3 Å². The molecule has 11 heteroatoms. The number of hydrazone groups is 1. The molecule has 1 N–H and O–H groups in total. The summed E-state index contributed by atoms with van der Waals surface area (Å²) in [5.74, 6) is -0.440. The van der Waals surface area contributed by atoms with Crippen LogP contribution in [0.25, 0.3) is 0 Å². The molecule has 1 aliphatic heterocycles. The Labute approximate surface area is 196 Å².